The topological polar surface area (TPSA) is 107 Å². The Hall–Kier alpha value is -4.27. The van der Waals surface area contributed by atoms with Crippen LogP contribution in [0.15, 0.2) is 90.0 Å². The lowest BCUT2D eigenvalue weighted by Gasteiger charge is -2.36. The number of aromatic hydroxyl groups is 1. The maximum absolute atomic E-state index is 14.1. The van der Waals surface area contributed by atoms with E-state index in [0.717, 1.165) is 11.1 Å². The highest BCUT2D eigenvalue weighted by Crippen LogP contribution is 2.46. The van der Waals surface area contributed by atoms with Gasteiger partial charge in [-0.05, 0) is 77.8 Å². The molecular formula is C36H38FNO6. The van der Waals surface area contributed by atoms with E-state index < -0.39 is 42.0 Å². The summed E-state index contributed by atoms with van der Waals surface area (Å²) in [7, 11) is 0. The summed E-state index contributed by atoms with van der Waals surface area (Å²) >= 11 is 0. The summed E-state index contributed by atoms with van der Waals surface area (Å²) in [5, 5.41) is 32.1. The van der Waals surface area contributed by atoms with E-state index >= 15 is 0 Å². The molecular weight excluding hydrogens is 561 g/mol. The summed E-state index contributed by atoms with van der Waals surface area (Å²) in [6, 6.07) is 22.9. The molecule has 0 radical (unpaired) electrons. The molecule has 0 saturated carbocycles. The number of phenolic OH excluding ortho intramolecular Hbond substituents is 1. The lowest BCUT2D eigenvalue weighted by molar-refractivity contribution is -0.140. The van der Waals surface area contributed by atoms with E-state index in [2.05, 4.69) is 0 Å². The summed E-state index contributed by atoms with van der Waals surface area (Å²) in [5.74, 6) is -3.14. The largest absolute Gasteiger partial charge is 0.505 e. The molecule has 1 fully saturated rings. The zero-order valence-electron chi connectivity index (χ0n) is 24.7. The first-order chi connectivity index (χ1) is 21.3. The molecule has 5 rings (SSSR count). The van der Waals surface area contributed by atoms with Crippen LogP contribution in [0.2, 0.25) is 0 Å². The smallest absolute Gasteiger partial charge is 0.233 e. The zero-order chi connectivity index (χ0) is 31.2. The number of halogens is 1. The van der Waals surface area contributed by atoms with Gasteiger partial charge in [0, 0.05) is 12.5 Å². The fraction of sp³-hybridized carbons (Fsp3) is 0.333. The maximum atomic E-state index is 14.1. The minimum atomic E-state index is -1.03. The number of imide groups is 1. The predicted octanol–water partition coefficient (Wildman–Crippen LogP) is 5.61. The van der Waals surface area contributed by atoms with Crippen LogP contribution >= 0.6 is 0 Å². The summed E-state index contributed by atoms with van der Waals surface area (Å²) in [4.78, 5) is 28.1. The number of carbonyl (C=O) groups excluding carboxylic acids is 2. The number of amides is 2. The van der Waals surface area contributed by atoms with E-state index in [9.17, 15) is 29.3 Å². The Morgan fingerprint density at radius 2 is 1.75 bits per heavy atom. The second kappa shape index (κ2) is 14.0. The highest BCUT2D eigenvalue weighted by Gasteiger charge is 2.54. The van der Waals surface area contributed by atoms with Crippen molar-refractivity contribution in [3.63, 3.8) is 0 Å². The van der Waals surface area contributed by atoms with Crippen molar-refractivity contribution in [1.82, 2.24) is 4.90 Å². The van der Waals surface area contributed by atoms with Crippen molar-refractivity contribution in [2.45, 2.75) is 38.7 Å². The number of nitrogens with zero attached hydrogens (tertiary/aromatic N) is 1. The van der Waals surface area contributed by atoms with Crippen molar-refractivity contribution in [1.29, 1.82) is 0 Å². The molecule has 4 atom stereocenters. The lowest BCUT2D eigenvalue weighted by atomic mass is 9.68. The third kappa shape index (κ3) is 6.61. The Balaban J connectivity index is 1.47. The number of hydrogen-bond donors (Lipinski definition) is 3. The Bertz CT molecular complexity index is 1540. The van der Waals surface area contributed by atoms with Crippen LogP contribution in [-0.2, 0) is 9.59 Å². The quantitative estimate of drug-likeness (QED) is 0.142. The summed E-state index contributed by atoms with van der Waals surface area (Å²) in [6.07, 6.45) is 2.33. The van der Waals surface area contributed by atoms with Gasteiger partial charge in [-0.25, -0.2) is 4.39 Å². The van der Waals surface area contributed by atoms with Gasteiger partial charge in [-0.2, -0.15) is 0 Å². The second-order valence-electron chi connectivity index (χ2n) is 11.4. The highest BCUT2D eigenvalue weighted by molar-refractivity contribution is 6.05. The number of allylic oxidation sites excluding steroid dienone is 1. The monoisotopic (exact) mass is 599 g/mol. The van der Waals surface area contributed by atoms with Gasteiger partial charge >= 0.3 is 0 Å². The van der Waals surface area contributed by atoms with Gasteiger partial charge in [-0.15, -0.1) is 0 Å². The molecule has 3 aromatic carbocycles. The second-order valence-corrected chi connectivity index (χ2v) is 11.4. The molecule has 44 heavy (non-hydrogen) atoms. The molecule has 7 nitrogen and oxygen atoms in total. The van der Waals surface area contributed by atoms with Gasteiger partial charge in [-0.1, -0.05) is 67.6 Å². The van der Waals surface area contributed by atoms with E-state index in [-0.39, 0.29) is 31.3 Å². The molecule has 1 saturated heterocycles. The van der Waals surface area contributed by atoms with Gasteiger partial charge in [0.1, 0.15) is 12.4 Å². The normalized spacial score (nSPS) is 21.0. The Morgan fingerprint density at radius 1 is 1.05 bits per heavy atom. The van der Waals surface area contributed by atoms with Crippen LogP contribution in [0.4, 0.5) is 4.39 Å². The van der Waals surface area contributed by atoms with Gasteiger partial charge in [-0.3, -0.25) is 14.5 Å². The van der Waals surface area contributed by atoms with Crippen molar-refractivity contribution < 1.29 is 34.0 Å². The van der Waals surface area contributed by atoms with Gasteiger partial charge in [0.2, 0.25) is 11.8 Å². The zero-order valence-corrected chi connectivity index (χ0v) is 24.7. The van der Waals surface area contributed by atoms with Crippen molar-refractivity contribution in [3.05, 3.63) is 107 Å². The average Bonchev–Trinajstić information content (AvgIpc) is 3.28. The molecule has 1 aliphatic heterocycles. The minimum Gasteiger partial charge on any atom is -0.505 e. The highest BCUT2D eigenvalue weighted by atomic mass is 19.1. The molecule has 230 valence electrons. The van der Waals surface area contributed by atoms with Crippen molar-refractivity contribution in [2.24, 2.45) is 17.8 Å². The molecule has 2 amide bonds. The number of aliphatic hydroxyl groups excluding tert-OH is 2. The number of benzene rings is 3. The molecule has 3 aromatic rings. The lowest BCUT2D eigenvalue weighted by Crippen LogP contribution is -2.40. The van der Waals surface area contributed by atoms with Crippen molar-refractivity contribution >= 4 is 23.5 Å². The number of fused-ring (bicyclic) bond motifs is 1. The first-order valence-corrected chi connectivity index (χ1v) is 15.1. The molecule has 1 heterocycles. The Kier molecular flexibility index (Phi) is 9.92. The first kappa shape index (κ1) is 31.2. The molecule has 8 heteroatoms. The van der Waals surface area contributed by atoms with Gasteiger partial charge in [0.25, 0.3) is 0 Å². The molecule has 0 bridgehead atoms. The minimum absolute atomic E-state index is 0.111. The fourth-order valence-corrected chi connectivity index (χ4v) is 6.50. The number of rotatable bonds is 12. The van der Waals surface area contributed by atoms with Crippen LogP contribution < -0.4 is 4.74 Å². The van der Waals surface area contributed by atoms with Crippen LogP contribution in [0, 0.1) is 23.6 Å². The van der Waals surface area contributed by atoms with Crippen LogP contribution in [0.3, 0.4) is 0 Å². The number of phenols is 1. The molecule has 3 N–H and O–H groups in total. The van der Waals surface area contributed by atoms with Crippen LogP contribution in [0.25, 0.3) is 11.6 Å². The number of para-hydroxylation sites is 1. The van der Waals surface area contributed by atoms with E-state index in [0.29, 0.717) is 41.8 Å². The number of aliphatic hydroxyl groups is 2. The van der Waals surface area contributed by atoms with Gasteiger partial charge < -0.3 is 20.1 Å². The van der Waals surface area contributed by atoms with E-state index in [1.165, 1.54) is 17.0 Å². The van der Waals surface area contributed by atoms with Crippen LogP contribution in [-0.4, -0.2) is 57.9 Å². The van der Waals surface area contributed by atoms with Crippen molar-refractivity contribution in [3.8, 4) is 11.5 Å². The predicted molar refractivity (Wildman–Crippen MR) is 166 cm³/mol. The average molecular weight is 600 g/mol. The third-order valence-electron chi connectivity index (χ3n) is 8.58. The fourth-order valence-electron chi connectivity index (χ4n) is 6.50. The van der Waals surface area contributed by atoms with Crippen LogP contribution in [0.5, 0.6) is 11.5 Å². The Labute approximate surface area is 256 Å². The third-order valence-corrected chi connectivity index (χ3v) is 8.58. The number of hydrogen-bond acceptors (Lipinski definition) is 6. The molecule has 0 unspecified atom stereocenters. The maximum Gasteiger partial charge on any atom is 0.233 e. The summed E-state index contributed by atoms with van der Waals surface area (Å²) in [5.41, 5.74) is 3.56. The van der Waals surface area contributed by atoms with E-state index in [4.69, 9.17) is 4.74 Å². The Morgan fingerprint density at radius 3 is 2.41 bits per heavy atom. The SMILES string of the molecule is CCCN1C(=O)[C@@H]2[C@@H](CC(COc3ccccc3)=C([C@H](O)CC/C(=C/c3ccc(O)c(F)c3)c3ccccc3)[C@@H]2CO)C1=O. The number of likely N-dealkylation sites (tertiary alicyclic amines) is 1. The molecule has 2 aliphatic rings. The van der Waals surface area contributed by atoms with Crippen LogP contribution in [0.1, 0.15) is 43.7 Å². The molecule has 0 spiro atoms. The standard InChI is InChI=1S/C36H38FNO6/c1-2-17-38-35(42)28-20-26(22-44-27-11-7-4-8-12-27)33(29(21-39)34(28)36(38)43)32(41)16-14-25(24-9-5-3-6-10-24)18-23-13-15-31(40)30(37)19-23/h3-13,15,18-19,28-29,32,34,39-41H,2,14,16-17,20-22H2,1H3/b25-18-/t28-,29+,32-,34-/m1/s1. The molecule has 1 aliphatic carbocycles. The van der Waals surface area contributed by atoms with Gasteiger partial charge in [0.15, 0.2) is 11.6 Å². The summed E-state index contributed by atoms with van der Waals surface area (Å²) < 4.78 is 20.2. The summed E-state index contributed by atoms with van der Waals surface area (Å²) in [6.45, 7) is 1.94. The van der Waals surface area contributed by atoms with Gasteiger partial charge in [0.05, 0.1) is 24.5 Å². The van der Waals surface area contributed by atoms with Crippen molar-refractivity contribution in [2.75, 3.05) is 19.8 Å². The number of ether oxygens (including phenoxy) is 1. The molecule has 0 aromatic heterocycles. The van der Waals surface area contributed by atoms with E-state index in [1.54, 1.807) is 6.07 Å². The first-order valence-electron chi connectivity index (χ1n) is 15.1. The number of carbonyl (C=O) groups is 2. The van der Waals surface area contributed by atoms with E-state index in [1.807, 2.05) is 73.7 Å².